The molecular weight excluding hydrogens is 218 g/mol. The molecule has 0 aliphatic heterocycles. The van der Waals surface area contributed by atoms with E-state index in [2.05, 4.69) is 60.8 Å². The summed E-state index contributed by atoms with van der Waals surface area (Å²) in [5.41, 5.74) is 5.84. The van der Waals surface area contributed by atoms with Crippen LogP contribution in [0.25, 0.3) is 11.1 Å². The summed E-state index contributed by atoms with van der Waals surface area (Å²) in [7, 11) is 0. The van der Waals surface area contributed by atoms with Crippen LogP contribution in [0, 0.1) is 0 Å². The molecule has 2 aromatic rings. The Balaban J connectivity index is 1.98. The number of hydrogen-bond donors (Lipinski definition) is 1. The Hall–Kier alpha value is -1.60. The Kier molecular flexibility index (Phi) is 3.16. The number of fused-ring (bicyclic) bond motifs is 3. The lowest BCUT2D eigenvalue weighted by Crippen LogP contribution is -2.16. The molecule has 0 aromatic heterocycles. The van der Waals surface area contributed by atoms with Crippen molar-refractivity contribution in [2.75, 3.05) is 13.1 Å². The largest absolute Gasteiger partial charge is 0.317 e. The molecule has 1 aliphatic carbocycles. The van der Waals surface area contributed by atoms with Gasteiger partial charge in [0.1, 0.15) is 0 Å². The van der Waals surface area contributed by atoms with Gasteiger partial charge < -0.3 is 5.32 Å². The fraction of sp³-hybridized carbons (Fsp3) is 0.294. The molecule has 0 spiro atoms. The van der Waals surface area contributed by atoms with Crippen molar-refractivity contribution >= 4 is 0 Å². The molecule has 18 heavy (non-hydrogen) atoms. The van der Waals surface area contributed by atoms with Crippen molar-refractivity contribution in [2.24, 2.45) is 0 Å². The van der Waals surface area contributed by atoms with Crippen molar-refractivity contribution in [2.45, 2.75) is 19.3 Å². The lowest BCUT2D eigenvalue weighted by Gasteiger charge is -2.13. The molecule has 3 rings (SSSR count). The van der Waals surface area contributed by atoms with Crippen LogP contribution in [0.5, 0.6) is 0 Å². The van der Waals surface area contributed by atoms with Gasteiger partial charge in [0.15, 0.2) is 0 Å². The summed E-state index contributed by atoms with van der Waals surface area (Å²) in [4.78, 5) is 0. The zero-order valence-corrected chi connectivity index (χ0v) is 10.8. The van der Waals surface area contributed by atoms with E-state index in [4.69, 9.17) is 0 Å². The van der Waals surface area contributed by atoms with Gasteiger partial charge in [0, 0.05) is 5.92 Å². The number of hydrogen-bond acceptors (Lipinski definition) is 1. The smallest absolute Gasteiger partial charge is 0.0114 e. The summed E-state index contributed by atoms with van der Waals surface area (Å²) in [5, 5.41) is 3.44. The highest BCUT2D eigenvalue weighted by atomic mass is 14.8. The Bertz CT molecular complexity index is 499. The normalized spacial score (nSPS) is 13.4. The maximum absolute atomic E-state index is 3.44. The van der Waals surface area contributed by atoms with E-state index in [9.17, 15) is 0 Å². The highest BCUT2D eigenvalue weighted by molar-refractivity contribution is 5.78. The first-order valence-electron chi connectivity index (χ1n) is 6.80. The van der Waals surface area contributed by atoms with E-state index in [-0.39, 0.29) is 0 Å². The molecule has 0 radical (unpaired) electrons. The second-order valence-electron chi connectivity index (χ2n) is 4.87. The topological polar surface area (TPSA) is 12.0 Å². The van der Waals surface area contributed by atoms with Crippen molar-refractivity contribution in [1.29, 1.82) is 0 Å². The monoisotopic (exact) mass is 237 g/mol. The molecule has 1 aliphatic rings. The van der Waals surface area contributed by atoms with Crippen LogP contribution in [0.3, 0.4) is 0 Å². The van der Waals surface area contributed by atoms with E-state index in [1.807, 2.05) is 0 Å². The molecule has 2 aromatic carbocycles. The van der Waals surface area contributed by atoms with Crippen LogP contribution >= 0.6 is 0 Å². The summed E-state index contributed by atoms with van der Waals surface area (Å²) in [6.07, 6.45) is 1.18. The molecule has 1 nitrogen and oxygen atoms in total. The van der Waals surface area contributed by atoms with Crippen LogP contribution in [0.2, 0.25) is 0 Å². The minimum Gasteiger partial charge on any atom is -0.317 e. The van der Waals surface area contributed by atoms with E-state index in [1.54, 1.807) is 0 Å². The van der Waals surface area contributed by atoms with E-state index in [0.717, 1.165) is 13.1 Å². The van der Waals surface area contributed by atoms with Gasteiger partial charge in [-0.05, 0) is 41.8 Å². The Morgan fingerprint density at radius 1 is 0.889 bits per heavy atom. The van der Waals surface area contributed by atoms with Crippen molar-refractivity contribution in [3.8, 4) is 11.1 Å². The van der Waals surface area contributed by atoms with Crippen LogP contribution < -0.4 is 5.32 Å². The van der Waals surface area contributed by atoms with Crippen LogP contribution in [0.1, 0.15) is 30.4 Å². The van der Waals surface area contributed by atoms with Crippen molar-refractivity contribution in [3.63, 3.8) is 0 Å². The number of benzene rings is 2. The molecular formula is C17H19N. The van der Waals surface area contributed by atoms with E-state index in [1.165, 1.54) is 28.7 Å². The van der Waals surface area contributed by atoms with Gasteiger partial charge in [-0.3, -0.25) is 0 Å². The van der Waals surface area contributed by atoms with Crippen LogP contribution in [0.4, 0.5) is 0 Å². The fourth-order valence-corrected chi connectivity index (χ4v) is 2.99. The quantitative estimate of drug-likeness (QED) is 0.798. The minimum atomic E-state index is 0.566. The molecule has 1 N–H and O–H groups in total. The molecule has 0 bridgehead atoms. The van der Waals surface area contributed by atoms with Gasteiger partial charge in [-0.25, -0.2) is 0 Å². The standard InChI is InChI=1S/C17H19N/c1-2-18-12-11-17-15-9-5-3-7-13(15)14-8-4-6-10-16(14)17/h3-10,17-18H,2,11-12H2,1H3. The van der Waals surface area contributed by atoms with Crippen LogP contribution in [-0.4, -0.2) is 13.1 Å². The van der Waals surface area contributed by atoms with Crippen LogP contribution in [0.15, 0.2) is 48.5 Å². The van der Waals surface area contributed by atoms with Crippen molar-refractivity contribution < 1.29 is 0 Å². The van der Waals surface area contributed by atoms with E-state index < -0.39 is 0 Å². The number of rotatable bonds is 4. The Morgan fingerprint density at radius 3 is 2.00 bits per heavy atom. The summed E-state index contributed by atoms with van der Waals surface area (Å²) in [5.74, 6) is 0.566. The molecule has 0 saturated heterocycles. The van der Waals surface area contributed by atoms with Gasteiger partial charge in [0.25, 0.3) is 0 Å². The Morgan fingerprint density at radius 2 is 1.44 bits per heavy atom. The summed E-state index contributed by atoms with van der Waals surface area (Å²) in [6.45, 7) is 4.30. The summed E-state index contributed by atoms with van der Waals surface area (Å²) >= 11 is 0. The van der Waals surface area contributed by atoms with Gasteiger partial charge in [0.2, 0.25) is 0 Å². The van der Waals surface area contributed by atoms with E-state index >= 15 is 0 Å². The average Bonchev–Trinajstić information content (AvgIpc) is 2.74. The zero-order chi connectivity index (χ0) is 12.4. The van der Waals surface area contributed by atoms with E-state index in [0.29, 0.717) is 5.92 Å². The first-order valence-corrected chi connectivity index (χ1v) is 6.80. The lowest BCUT2D eigenvalue weighted by molar-refractivity contribution is 0.634. The molecule has 0 atom stereocenters. The maximum atomic E-state index is 3.44. The lowest BCUT2D eigenvalue weighted by atomic mass is 9.94. The summed E-state index contributed by atoms with van der Waals surface area (Å²) in [6, 6.07) is 17.7. The SMILES string of the molecule is CCNCCC1c2ccccc2-c2ccccc21. The molecule has 0 heterocycles. The highest BCUT2D eigenvalue weighted by Gasteiger charge is 2.26. The number of nitrogens with one attached hydrogen (secondary N) is 1. The van der Waals surface area contributed by atoms with Gasteiger partial charge in [0.05, 0.1) is 0 Å². The zero-order valence-electron chi connectivity index (χ0n) is 10.8. The first-order chi connectivity index (χ1) is 8.92. The van der Waals surface area contributed by atoms with Crippen molar-refractivity contribution in [3.05, 3.63) is 59.7 Å². The molecule has 0 amide bonds. The molecule has 0 fully saturated rings. The van der Waals surface area contributed by atoms with Crippen molar-refractivity contribution in [1.82, 2.24) is 5.32 Å². The predicted octanol–water partition coefficient (Wildman–Crippen LogP) is 3.80. The highest BCUT2D eigenvalue weighted by Crippen LogP contribution is 2.45. The van der Waals surface area contributed by atoms with Gasteiger partial charge in [-0.1, -0.05) is 55.5 Å². The maximum Gasteiger partial charge on any atom is 0.0114 e. The third-order valence-corrected chi connectivity index (χ3v) is 3.82. The van der Waals surface area contributed by atoms with Gasteiger partial charge >= 0.3 is 0 Å². The molecule has 1 heteroatoms. The summed E-state index contributed by atoms with van der Waals surface area (Å²) < 4.78 is 0. The van der Waals surface area contributed by atoms with Gasteiger partial charge in [-0.2, -0.15) is 0 Å². The van der Waals surface area contributed by atoms with Gasteiger partial charge in [-0.15, -0.1) is 0 Å². The molecule has 0 unspecified atom stereocenters. The predicted molar refractivity (Wildman–Crippen MR) is 76.9 cm³/mol. The minimum absolute atomic E-state index is 0.566. The molecule has 92 valence electrons. The molecule has 0 saturated carbocycles. The fourth-order valence-electron chi connectivity index (χ4n) is 2.99. The van der Waals surface area contributed by atoms with Crippen LogP contribution in [-0.2, 0) is 0 Å². The third kappa shape index (κ3) is 1.85. The Labute approximate surface area is 109 Å². The average molecular weight is 237 g/mol. The second-order valence-corrected chi connectivity index (χ2v) is 4.87. The second kappa shape index (κ2) is 4.95. The third-order valence-electron chi connectivity index (χ3n) is 3.82. The first kappa shape index (κ1) is 11.5.